The Morgan fingerprint density at radius 2 is 2.31 bits per heavy atom. The maximum Gasteiger partial charge on any atom is 0.0618 e. The first kappa shape index (κ1) is 8.63. The Kier molecular flexibility index (Phi) is 2.54. The molecule has 0 aromatic carbocycles. The van der Waals surface area contributed by atoms with Crippen LogP contribution in [0.15, 0.2) is 18.6 Å². The van der Waals surface area contributed by atoms with Crippen molar-refractivity contribution < 1.29 is 0 Å². The van der Waals surface area contributed by atoms with E-state index in [9.17, 15) is 0 Å². The smallest absolute Gasteiger partial charge is 0.0618 e. The minimum atomic E-state index is 0.637. The van der Waals surface area contributed by atoms with Crippen LogP contribution in [0.5, 0.6) is 0 Å². The number of hydrogen-bond donors (Lipinski definition) is 1. The molecule has 0 unspecified atom stereocenters. The molecule has 1 aromatic rings. The second-order valence-corrected chi connectivity index (χ2v) is 3.55. The minimum absolute atomic E-state index is 0.637. The molecule has 0 amide bonds. The summed E-state index contributed by atoms with van der Waals surface area (Å²) in [5.74, 6) is 0.637. The maximum absolute atomic E-state index is 4.31. The summed E-state index contributed by atoms with van der Waals surface area (Å²) >= 11 is 0. The van der Waals surface area contributed by atoms with E-state index in [0.29, 0.717) is 12.0 Å². The lowest BCUT2D eigenvalue weighted by Gasteiger charge is -2.35. The fourth-order valence-corrected chi connectivity index (χ4v) is 1.84. The van der Waals surface area contributed by atoms with Crippen LogP contribution in [0.2, 0.25) is 0 Å². The van der Waals surface area contributed by atoms with Gasteiger partial charge in [-0.15, -0.1) is 0 Å². The Bertz CT molecular complexity index is 254. The van der Waals surface area contributed by atoms with Crippen molar-refractivity contribution >= 4 is 0 Å². The van der Waals surface area contributed by atoms with Gasteiger partial charge in [0.05, 0.1) is 5.69 Å². The Hall–Kier alpha value is -0.960. The van der Waals surface area contributed by atoms with E-state index in [1.54, 1.807) is 12.4 Å². The third-order valence-corrected chi connectivity index (χ3v) is 2.63. The van der Waals surface area contributed by atoms with Gasteiger partial charge in [0.2, 0.25) is 0 Å². The first-order chi connectivity index (χ1) is 6.40. The third kappa shape index (κ3) is 1.86. The van der Waals surface area contributed by atoms with Crippen LogP contribution in [-0.4, -0.2) is 22.6 Å². The molecule has 2 rings (SSSR count). The number of hydrogen-bond acceptors (Lipinski definition) is 3. The highest BCUT2D eigenvalue weighted by molar-refractivity contribution is 5.10. The highest BCUT2D eigenvalue weighted by Gasteiger charge is 2.30. The molecule has 1 aliphatic rings. The van der Waals surface area contributed by atoms with E-state index >= 15 is 0 Å². The molecule has 13 heavy (non-hydrogen) atoms. The first-order valence-corrected chi connectivity index (χ1v) is 4.89. The maximum atomic E-state index is 4.31. The Morgan fingerprint density at radius 3 is 2.92 bits per heavy atom. The molecular formula is C10H15N3. The molecule has 1 N–H and O–H groups in total. The number of aromatic nitrogens is 2. The van der Waals surface area contributed by atoms with E-state index < -0.39 is 0 Å². The zero-order valence-corrected chi connectivity index (χ0v) is 7.90. The summed E-state index contributed by atoms with van der Waals surface area (Å²) in [5.41, 5.74) is 1.15. The van der Waals surface area contributed by atoms with Gasteiger partial charge in [0.1, 0.15) is 0 Å². The molecular weight excluding hydrogens is 162 g/mol. The van der Waals surface area contributed by atoms with Crippen LogP contribution >= 0.6 is 0 Å². The average molecular weight is 177 g/mol. The summed E-state index contributed by atoms with van der Waals surface area (Å²) in [6, 6.07) is 0.706. The van der Waals surface area contributed by atoms with Crippen molar-refractivity contribution in [1.29, 1.82) is 0 Å². The molecule has 1 saturated carbocycles. The number of nitrogens with zero attached hydrogens (tertiary/aromatic N) is 2. The second kappa shape index (κ2) is 3.83. The molecule has 0 atom stereocenters. The Morgan fingerprint density at radius 1 is 1.46 bits per heavy atom. The SMILES string of the molecule is CCNC1CC(c2cnccn2)C1. The van der Waals surface area contributed by atoms with Gasteiger partial charge in [-0.1, -0.05) is 6.92 Å². The number of nitrogens with one attached hydrogen (secondary N) is 1. The van der Waals surface area contributed by atoms with E-state index in [4.69, 9.17) is 0 Å². The van der Waals surface area contributed by atoms with Crippen molar-refractivity contribution in [3.05, 3.63) is 24.3 Å². The molecule has 1 aliphatic carbocycles. The van der Waals surface area contributed by atoms with Crippen LogP contribution in [-0.2, 0) is 0 Å². The van der Waals surface area contributed by atoms with Crippen molar-refractivity contribution in [3.63, 3.8) is 0 Å². The monoisotopic (exact) mass is 177 g/mol. The molecule has 0 bridgehead atoms. The summed E-state index contributed by atoms with van der Waals surface area (Å²) in [6.45, 7) is 3.22. The van der Waals surface area contributed by atoms with Gasteiger partial charge >= 0.3 is 0 Å². The molecule has 3 nitrogen and oxygen atoms in total. The van der Waals surface area contributed by atoms with E-state index in [2.05, 4.69) is 22.2 Å². The van der Waals surface area contributed by atoms with E-state index in [1.165, 1.54) is 12.8 Å². The van der Waals surface area contributed by atoms with Crippen LogP contribution in [0.3, 0.4) is 0 Å². The highest BCUT2D eigenvalue weighted by Crippen LogP contribution is 2.35. The zero-order valence-electron chi connectivity index (χ0n) is 7.90. The predicted octanol–water partition coefficient (Wildman–Crippen LogP) is 1.33. The highest BCUT2D eigenvalue weighted by atomic mass is 14.9. The molecule has 0 aliphatic heterocycles. The normalized spacial score (nSPS) is 26.8. The summed E-state index contributed by atoms with van der Waals surface area (Å²) in [5, 5.41) is 3.43. The molecule has 1 fully saturated rings. The minimum Gasteiger partial charge on any atom is -0.314 e. The van der Waals surface area contributed by atoms with Gasteiger partial charge in [0.15, 0.2) is 0 Å². The molecule has 3 heteroatoms. The Balaban J connectivity index is 1.87. The van der Waals surface area contributed by atoms with Gasteiger partial charge in [-0.2, -0.15) is 0 Å². The number of rotatable bonds is 3. The van der Waals surface area contributed by atoms with Crippen LogP contribution in [0, 0.1) is 0 Å². The van der Waals surface area contributed by atoms with Crippen LogP contribution in [0.25, 0.3) is 0 Å². The molecule has 1 aromatic heterocycles. The van der Waals surface area contributed by atoms with E-state index in [0.717, 1.165) is 12.2 Å². The standard InChI is InChI=1S/C10H15N3/c1-2-12-9-5-8(6-9)10-7-11-3-4-13-10/h3-4,7-9,12H,2,5-6H2,1H3. The largest absolute Gasteiger partial charge is 0.314 e. The van der Waals surface area contributed by atoms with Crippen LogP contribution < -0.4 is 5.32 Å². The topological polar surface area (TPSA) is 37.8 Å². The first-order valence-electron chi connectivity index (χ1n) is 4.89. The van der Waals surface area contributed by atoms with Crippen LogP contribution in [0.1, 0.15) is 31.4 Å². The lowest BCUT2D eigenvalue weighted by molar-refractivity contribution is 0.291. The van der Waals surface area contributed by atoms with Crippen molar-refractivity contribution in [2.24, 2.45) is 0 Å². The van der Waals surface area contributed by atoms with E-state index in [1.807, 2.05) is 6.20 Å². The molecule has 70 valence electrons. The van der Waals surface area contributed by atoms with Gasteiger partial charge in [-0.25, -0.2) is 0 Å². The van der Waals surface area contributed by atoms with Gasteiger partial charge in [0, 0.05) is 30.6 Å². The molecule has 0 saturated heterocycles. The fraction of sp³-hybridized carbons (Fsp3) is 0.600. The van der Waals surface area contributed by atoms with E-state index in [-0.39, 0.29) is 0 Å². The van der Waals surface area contributed by atoms with Crippen molar-refractivity contribution in [1.82, 2.24) is 15.3 Å². The van der Waals surface area contributed by atoms with Crippen molar-refractivity contribution in [2.75, 3.05) is 6.54 Å². The lowest BCUT2D eigenvalue weighted by Crippen LogP contribution is -2.40. The molecule has 1 heterocycles. The van der Waals surface area contributed by atoms with Gasteiger partial charge in [0.25, 0.3) is 0 Å². The van der Waals surface area contributed by atoms with Gasteiger partial charge < -0.3 is 5.32 Å². The van der Waals surface area contributed by atoms with Gasteiger partial charge in [-0.05, 0) is 19.4 Å². The summed E-state index contributed by atoms with van der Waals surface area (Å²) in [4.78, 5) is 8.38. The quantitative estimate of drug-likeness (QED) is 0.757. The molecule has 0 spiro atoms. The molecule has 0 radical (unpaired) electrons. The average Bonchev–Trinajstić information content (AvgIpc) is 2.12. The van der Waals surface area contributed by atoms with Crippen molar-refractivity contribution in [2.45, 2.75) is 31.7 Å². The van der Waals surface area contributed by atoms with Crippen LogP contribution in [0.4, 0.5) is 0 Å². The Labute approximate surface area is 78.6 Å². The second-order valence-electron chi connectivity index (χ2n) is 3.55. The van der Waals surface area contributed by atoms with Crippen molar-refractivity contribution in [3.8, 4) is 0 Å². The zero-order chi connectivity index (χ0) is 9.10. The third-order valence-electron chi connectivity index (χ3n) is 2.63. The fourth-order valence-electron chi connectivity index (χ4n) is 1.84. The predicted molar refractivity (Wildman–Crippen MR) is 51.5 cm³/mol. The van der Waals surface area contributed by atoms with Gasteiger partial charge in [-0.3, -0.25) is 9.97 Å². The summed E-state index contributed by atoms with van der Waals surface area (Å²) in [7, 11) is 0. The summed E-state index contributed by atoms with van der Waals surface area (Å²) < 4.78 is 0. The summed E-state index contributed by atoms with van der Waals surface area (Å²) in [6.07, 6.45) is 7.81. The lowest BCUT2D eigenvalue weighted by atomic mass is 9.78.